The van der Waals surface area contributed by atoms with E-state index in [4.69, 9.17) is 5.73 Å². The quantitative estimate of drug-likeness (QED) is 0.872. The molecule has 4 heteroatoms. The summed E-state index contributed by atoms with van der Waals surface area (Å²) in [5.41, 5.74) is 9.42. The van der Waals surface area contributed by atoms with Gasteiger partial charge in [-0.2, -0.15) is 0 Å². The summed E-state index contributed by atoms with van der Waals surface area (Å²) < 4.78 is 0. The molecular formula is C15H23N3O. The molecule has 1 aliphatic rings. The van der Waals surface area contributed by atoms with E-state index in [2.05, 4.69) is 37.4 Å². The van der Waals surface area contributed by atoms with Crippen LogP contribution in [0.15, 0.2) is 18.2 Å². The van der Waals surface area contributed by atoms with Crippen molar-refractivity contribution in [3.05, 3.63) is 34.9 Å². The number of nitrogens with two attached hydrogens (primary N) is 1. The number of nitrogens with zero attached hydrogens (tertiary/aromatic N) is 1. The lowest BCUT2D eigenvalue weighted by Crippen LogP contribution is -2.32. The first-order valence-electron chi connectivity index (χ1n) is 6.85. The van der Waals surface area contributed by atoms with Crippen LogP contribution in [-0.2, 0) is 0 Å². The molecular weight excluding hydrogens is 238 g/mol. The maximum Gasteiger partial charge on any atom is 0.318 e. The predicted octanol–water partition coefficient (Wildman–Crippen LogP) is 2.11. The van der Waals surface area contributed by atoms with Crippen molar-refractivity contribution in [3.8, 4) is 0 Å². The van der Waals surface area contributed by atoms with Crippen LogP contribution in [0.1, 0.15) is 36.1 Å². The lowest BCUT2D eigenvalue weighted by atomic mass is 9.99. The van der Waals surface area contributed by atoms with Crippen LogP contribution in [0.25, 0.3) is 0 Å². The molecule has 1 saturated heterocycles. The summed E-state index contributed by atoms with van der Waals surface area (Å²) in [5.74, 6) is 0. The zero-order valence-electron chi connectivity index (χ0n) is 11.9. The van der Waals surface area contributed by atoms with Crippen LogP contribution >= 0.6 is 0 Å². The first kappa shape index (κ1) is 13.9. The number of hydrogen-bond donors (Lipinski definition) is 2. The molecule has 4 nitrogen and oxygen atoms in total. The molecule has 2 atom stereocenters. The van der Waals surface area contributed by atoms with Gasteiger partial charge >= 0.3 is 6.03 Å². The van der Waals surface area contributed by atoms with Crippen LogP contribution in [0.3, 0.4) is 0 Å². The molecule has 2 rings (SSSR count). The molecule has 3 N–H and O–H groups in total. The van der Waals surface area contributed by atoms with E-state index in [-0.39, 0.29) is 18.1 Å². The highest BCUT2D eigenvalue weighted by molar-refractivity contribution is 5.77. The van der Waals surface area contributed by atoms with Gasteiger partial charge in [-0.05, 0) is 38.3 Å². The van der Waals surface area contributed by atoms with Gasteiger partial charge in [0.1, 0.15) is 0 Å². The van der Waals surface area contributed by atoms with E-state index in [0.717, 1.165) is 19.5 Å². The Bertz CT molecular complexity index is 470. The Morgan fingerprint density at radius 1 is 1.47 bits per heavy atom. The summed E-state index contributed by atoms with van der Waals surface area (Å²) in [4.78, 5) is 13.8. The fourth-order valence-corrected chi connectivity index (χ4v) is 2.45. The summed E-state index contributed by atoms with van der Waals surface area (Å²) in [6.07, 6.45) is 0.840. The van der Waals surface area contributed by atoms with Crippen molar-refractivity contribution in [1.82, 2.24) is 10.2 Å². The molecule has 104 valence electrons. The largest absolute Gasteiger partial charge is 0.329 e. The molecule has 1 heterocycles. The van der Waals surface area contributed by atoms with Gasteiger partial charge in [0.25, 0.3) is 0 Å². The second kappa shape index (κ2) is 5.61. The average Bonchev–Trinajstić information content (AvgIpc) is 2.71. The van der Waals surface area contributed by atoms with Crippen molar-refractivity contribution in [1.29, 1.82) is 0 Å². The monoisotopic (exact) mass is 261 g/mol. The Balaban J connectivity index is 2.07. The fraction of sp³-hybridized carbons (Fsp3) is 0.533. The minimum absolute atomic E-state index is 0.0200. The zero-order valence-corrected chi connectivity index (χ0v) is 11.9. The van der Waals surface area contributed by atoms with Crippen LogP contribution in [-0.4, -0.2) is 30.1 Å². The number of benzene rings is 1. The Hall–Kier alpha value is -1.55. The third kappa shape index (κ3) is 3.26. The van der Waals surface area contributed by atoms with Crippen molar-refractivity contribution in [2.45, 2.75) is 39.3 Å². The summed E-state index contributed by atoms with van der Waals surface area (Å²) in [6.45, 7) is 7.59. The topological polar surface area (TPSA) is 58.4 Å². The molecule has 2 amide bonds. The first-order valence-corrected chi connectivity index (χ1v) is 6.85. The van der Waals surface area contributed by atoms with E-state index >= 15 is 0 Å². The van der Waals surface area contributed by atoms with Gasteiger partial charge < -0.3 is 16.0 Å². The van der Waals surface area contributed by atoms with Crippen molar-refractivity contribution >= 4 is 6.03 Å². The number of carbonyl (C=O) groups excluding carboxylic acids is 1. The van der Waals surface area contributed by atoms with Gasteiger partial charge in [0.15, 0.2) is 0 Å². The third-order valence-corrected chi connectivity index (χ3v) is 3.65. The minimum Gasteiger partial charge on any atom is -0.329 e. The molecule has 1 aliphatic heterocycles. The Morgan fingerprint density at radius 2 is 2.21 bits per heavy atom. The molecule has 1 aromatic carbocycles. The second-order valence-corrected chi connectivity index (χ2v) is 5.57. The first-order chi connectivity index (χ1) is 8.97. The smallest absolute Gasteiger partial charge is 0.318 e. The summed E-state index contributed by atoms with van der Waals surface area (Å²) >= 11 is 0. The van der Waals surface area contributed by atoms with Gasteiger partial charge in [-0.15, -0.1) is 0 Å². The standard InChI is InChI=1S/C15H23N3O/c1-10-4-5-11(2)13(8-10)14-9-18(15(19)17-14)7-6-12(3)16/h4-5,8,12,14H,6-7,9,16H2,1-3H3,(H,17,19). The van der Waals surface area contributed by atoms with E-state index < -0.39 is 0 Å². The van der Waals surface area contributed by atoms with Gasteiger partial charge in [-0.25, -0.2) is 4.79 Å². The molecule has 0 radical (unpaired) electrons. The Labute approximate surface area is 115 Å². The van der Waals surface area contributed by atoms with Crippen LogP contribution < -0.4 is 11.1 Å². The molecule has 0 aromatic heterocycles. The summed E-state index contributed by atoms with van der Waals surface area (Å²) in [5, 5.41) is 3.06. The number of rotatable bonds is 4. The molecule has 0 spiro atoms. The normalized spacial score (nSPS) is 20.5. The van der Waals surface area contributed by atoms with E-state index in [1.54, 1.807) is 0 Å². The lowest BCUT2D eigenvalue weighted by molar-refractivity contribution is 0.216. The maximum absolute atomic E-state index is 11.9. The van der Waals surface area contributed by atoms with Crippen molar-refractivity contribution in [2.75, 3.05) is 13.1 Å². The van der Waals surface area contributed by atoms with Crippen LogP contribution in [0.2, 0.25) is 0 Å². The lowest BCUT2D eigenvalue weighted by Gasteiger charge is -2.17. The number of aryl methyl sites for hydroxylation is 2. The SMILES string of the molecule is Cc1ccc(C)c(C2CN(CCC(C)N)C(=O)N2)c1. The summed E-state index contributed by atoms with van der Waals surface area (Å²) in [7, 11) is 0. The Kier molecular flexibility index (Phi) is 4.10. The van der Waals surface area contributed by atoms with E-state index in [9.17, 15) is 4.79 Å². The number of urea groups is 1. The van der Waals surface area contributed by atoms with Crippen LogP contribution in [0.4, 0.5) is 4.79 Å². The van der Waals surface area contributed by atoms with E-state index in [1.165, 1.54) is 16.7 Å². The van der Waals surface area contributed by atoms with Gasteiger partial charge in [-0.1, -0.05) is 23.8 Å². The number of amides is 2. The number of nitrogens with one attached hydrogen (secondary N) is 1. The van der Waals surface area contributed by atoms with Gasteiger partial charge in [-0.3, -0.25) is 0 Å². The molecule has 1 aromatic rings. The van der Waals surface area contributed by atoms with Crippen LogP contribution in [0, 0.1) is 13.8 Å². The minimum atomic E-state index is 0.0200. The highest BCUT2D eigenvalue weighted by Crippen LogP contribution is 2.24. The van der Waals surface area contributed by atoms with E-state index in [0.29, 0.717) is 0 Å². The van der Waals surface area contributed by atoms with Gasteiger partial charge in [0.05, 0.1) is 6.04 Å². The van der Waals surface area contributed by atoms with Gasteiger partial charge in [0, 0.05) is 19.1 Å². The molecule has 0 saturated carbocycles. The molecule has 0 aliphatic carbocycles. The van der Waals surface area contributed by atoms with Gasteiger partial charge in [0.2, 0.25) is 0 Å². The fourth-order valence-electron chi connectivity index (χ4n) is 2.45. The molecule has 2 unspecified atom stereocenters. The molecule has 19 heavy (non-hydrogen) atoms. The maximum atomic E-state index is 11.9. The average molecular weight is 261 g/mol. The number of hydrogen-bond acceptors (Lipinski definition) is 2. The molecule has 0 bridgehead atoms. The highest BCUT2D eigenvalue weighted by atomic mass is 16.2. The Morgan fingerprint density at radius 3 is 2.89 bits per heavy atom. The molecule has 1 fully saturated rings. The zero-order chi connectivity index (χ0) is 14.0. The highest BCUT2D eigenvalue weighted by Gasteiger charge is 2.30. The second-order valence-electron chi connectivity index (χ2n) is 5.57. The van der Waals surface area contributed by atoms with Crippen molar-refractivity contribution < 1.29 is 4.79 Å². The van der Waals surface area contributed by atoms with E-state index in [1.807, 2.05) is 11.8 Å². The van der Waals surface area contributed by atoms with Crippen molar-refractivity contribution in [3.63, 3.8) is 0 Å². The van der Waals surface area contributed by atoms with Crippen molar-refractivity contribution in [2.24, 2.45) is 5.73 Å². The van der Waals surface area contributed by atoms with Crippen LogP contribution in [0.5, 0.6) is 0 Å². The predicted molar refractivity (Wildman–Crippen MR) is 77.0 cm³/mol. The third-order valence-electron chi connectivity index (χ3n) is 3.65. The number of carbonyl (C=O) groups is 1. The summed E-state index contributed by atoms with van der Waals surface area (Å²) in [6, 6.07) is 6.62.